The fraction of sp³-hybridized carbons (Fsp3) is 0. The van der Waals surface area contributed by atoms with Crippen LogP contribution in [-0.4, -0.2) is 35.6 Å². The molecule has 1 rings (SSSR count). The first kappa shape index (κ1) is 12.0. The van der Waals surface area contributed by atoms with E-state index in [1.807, 2.05) is 0 Å². The molecule has 13 heteroatoms. The first-order valence-corrected chi connectivity index (χ1v) is 3.56. The van der Waals surface area contributed by atoms with Crippen LogP contribution in [-0.2, 0) is 0 Å². The van der Waals surface area contributed by atoms with E-state index in [9.17, 15) is 35.1 Å². The van der Waals surface area contributed by atoms with Gasteiger partial charge in [-0.25, -0.2) is 14.9 Å². The third-order valence-electron chi connectivity index (χ3n) is 1.51. The molecule has 0 saturated heterocycles. The molecule has 17 heavy (non-hydrogen) atoms. The Balaban J connectivity index is 3.73. The highest BCUT2D eigenvalue weighted by Gasteiger charge is 2.48. The molecule has 0 fully saturated rings. The van der Waals surface area contributed by atoms with Gasteiger partial charge >= 0.3 is 23.4 Å². The number of aromatic nitrogens is 2. The number of hydrogen-bond acceptors (Lipinski definition) is 8. The monoisotopic (exact) mass is 247 g/mol. The highest BCUT2D eigenvalue weighted by Crippen LogP contribution is 2.27. The molecule has 1 heterocycles. The van der Waals surface area contributed by atoms with Crippen LogP contribution in [0.4, 0.5) is 11.6 Å². The van der Waals surface area contributed by atoms with E-state index in [1.165, 1.54) is 0 Å². The summed E-state index contributed by atoms with van der Waals surface area (Å²) in [5.74, 6) is -6.56. The van der Waals surface area contributed by atoms with Crippen molar-refractivity contribution in [2.45, 2.75) is 0 Å². The summed E-state index contributed by atoms with van der Waals surface area (Å²) in [6.45, 7) is 0. The van der Waals surface area contributed by atoms with Crippen molar-refractivity contribution < 1.29 is 24.8 Å². The molecule has 1 aromatic rings. The van der Waals surface area contributed by atoms with Crippen molar-refractivity contribution in [2.75, 3.05) is 0 Å². The Labute approximate surface area is 89.3 Å². The normalized spacial score (nSPS) is 9.88. The number of imidazole rings is 1. The fourth-order valence-corrected chi connectivity index (χ4v) is 0.967. The summed E-state index contributed by atoms with van der Waals surface area (Å²) in [7, 11) is 0. The van der Waals surface area contributed by atoms with Crippen LogP contribution in [0, 0.1) is 30.3 Å². The molecule has 0 radical (unpaired) electrons. The maximum absolute atomic E-state index is 10.5. The molecule has 1 aromatic heterocycles. The molecule has 90 valence electrons. The molecule has 0 aliphatic carbocycles. The zero-order valence-corrected chi connectivity index (χ0v) is 7.54. The lowest BCUT2D eigenvalue weighted by Gasteiger charge is -1.90. The maximum Gasteiger partial charge on any atom is 0.492 e. The van der Waals surface area contributed by atoms with Gasteiger partial charge in [-0.15, -0.1) is 0 Å². The largest absolute Gasteiger partial charge is 0.492 e. The van der Waals surface area contributed by atoms with Crippen LogP contribution < -0.4 is 0 Å². The zero-order chi connectivity index (χ0) is 13.3. The predicted molar refractivity (Wildman–Crippen MR) is 44.9 cm³/mol. The van der Waals surface area contributed by atoms with Gasteiger partial charge in [0, 0.05) is 4.98 Å². The summed E-state index contributed by atoms with van der Waals surface area (Å²) in [5.41, 5.74) is 0. The topological polar surface area (TPSA) is 185 Å². The second-order valence-electron chi connectivity index (χ2n) is 2.45. The van der Waals surface area contributed by atoms with Gasteiger partial charge in [0.15, 0.2) is 0 Å². The minimum absolute atomic E-state index is 0.569. The molecular formula is C4HN5O8. The molecule has 0 aromatic carbocycles. The van der Waals surface area contributed by atoms with Crippen LogP contribution >= 0.6 is 0 Å². The van der Waals surface area contributed by atoms with Crippen molar-refractivity contribution in [3.8, 4) is 0 Å². The van der Waals surface area contributed by atoms with Gasteiger partial charge in [-0.2, -0.15) is 0 Å². The summed E-state index contributed by atoms with van der Waals surface area (Å²) >= 11 is 0. The van der Waals surface area contributed by atoms with Gasteiger partial charge in [-0.1, -0.05) is 0 Å². The summed E-state index contributed by atoms with van der Waals surface area (Å²) in [6.07, 6.45) is 0. The van der Waals surface area contributed by atoms with Crippen LogP contribution in [0.2, 0.25) is 0 Å². The molecule has 0 unspecified atom stereocenters. The molecule has 0 amide bonds. The van der Waals surface area contributed by atoms with Crippen molar-refractivity contribution >= 4 is 17.6 Å². The summed E-state index contributed by atoms with van der Waals surface area (Å²) in [4.78, 5) is 41.6. The highest BCUT2D eigenvalue weighted by atomic mass is 16.7. The molecule has 0 atom stereocenters. The Bertz CT molecular complexity index is 498. The molecule has 0 spiro atoms. The first-order valence-electron chi connectivity index (χ1n) is 3.56. The Morgan fingerprint density at radius 1 is 1.18 bits per heavy atom. The second-order valence-corrected chi connectivity index (χ2v) is 2.45. The SMILES string of the molecule is O=C(O)c1nc([N+](=O)[O-])c([N+](=O)[O-])n1[N+](=O)[O-]. The average Bonchev–Trinajstić information content (AvgIpc) is 2.56. The van der Waals surface area contributed by atoms with Gasteiger partial charge < -0.3 is 25.3 Å². The molecule has 0 aliphatic rings. The second kappa shape index (κ2) is 3.80. The fourth-order valence-electron chi connectivity index (χ4n) is 0.967. The number of hydrogen-bond donors (Lipinski definition) is 1. The van der Waals surface area contributed by atoms with E-state index >= 15 is 0 Å². The Hall–Kier alpha value is -3.12. The van der Waals surface area contributed by atoms with Gasteiger partial charge in [0.2, 0.25) is 0 Å². The molecular weight excluding hydrogens is 246 g/mol. The molecule has 13 nitrogen and oxygen atoms in total. The third kappa shape index (κ3) is 1.83. The van der Waals surface area contributed by atoms with Crippen LogP contribution in [0.3, 0.4) is 0 Å². The van der Waals surface area contributed by atoms with Crippen molar-refractivity contribution in [3.63, 3.8) is 0 Å². The molecule has 0 bridgehead atoms. The van der Waals surface area contributed by atoms with Crippen molar-refractivity contribution in [1.82, 2.24) is 9.66 Å². The van der Waals surface area contributed by atoms with E-state index in [-0.39, 0.29) is 0 Å². The van der Waals surface area contributed by atoms with Crippen molar-refractivity contribution in [1.29, 1.82) is 0 Å². The average molecular weight is 247 g/mol. The molecule has 1 N–H and O–H groups in total. The third-order valence-corrected chi connectivity index (χ3v) is 1.51. The lowest BCUT2D eigenvalue weighted by molar-refractivity contribution is -0.562. The highest BCUT2D eigenvalue weighted by molar-refractivity contribution is 5.84. The summed E-state index contributed by atoms with van der Waals surface area (Å²) < 4.78 is -0.569. The van der Waals surface area contributed by atoms with Gasteiger partial charge in [-0.05, 0) is 9.85 Å². The molecule has 0 aliphatic heterocycles. The smallest absolute Gasteiger partial charge is 0.472 e. The zero-order valence-electron chi connectivity index (χ0n) is 7.54. The number of carboxylic acid groups (broad SMARTS) is 1. The lowest BCUT2D eigenvalue weighted by Crippen LogP contribution is -2.18. The quantitative estimate of drug-likeness (QED) is 0.537. The van der Waals surface area contributed by atoms with Crippen LogP contribution in [0.25, 0.3) is 0 Å². The number of nitrogens with zero attached hydrogens (tertiary/aromatic N) is 5. The van der Waals surface area contributed by atoms with E-state index in [2.05, 4.69) is 4.98 Å². The van der Waals surface area contributed by atoms with E-state index in [1.54, 1.807) is 0 Å². The minimum Gasteiger partial charge on any atom is -0.472 e. The first-order chi connectivity index (χ1) is 7.77. The van der Waals surface area contributed by atoms with E-state index in [0.29, 0.717) is 0 Å². The van der Waals surface area contributed by atoms with Crippen molar-refractivity contribution in [2.24, 2.45) is 0 Å². The predicted octanol–water partition coefficient (Wildman–Crippen LogP) is -0.563. The van der Waals surface area contributed by atoms with Gasteiger partial charge in [-0.3, -0.25) is 0 Å². The Morgan fingerprint density at radius 2 is 1.71 bits per heavy atom. The Morgan fingerprint density at radius 3 is 2.00 bits per heavy atom. The summed E-state index contributed by atoms with van der Waals surface area (Å²) in [5, 5.41) is 38.2. The van der Waals surface area contributed by atoms with E-state index in [0.717, 1.165) is 0 Å². The van der Waals surface area contributed by atoms with Crippen LogP contribution in [0.15, 0.2) is 0 Å². The van der Waals surface area contributed by atoms with Crippen LogP contribution in [0.5, 0.6) is 0 Å². The number of rotatable bonds is 4. The standard InChI is InChI=1S/C4HN5O8/c10-4(11)2-5-1(7(12)13)3(8(14)15)6(2)9(16)17/h(H,10,11). The maximum atomic E-state index is 10.5. The minimum atomic E-state index is -2.00. The van der Waals surface area contributed by atoms with E-state index < -0.39 is 43.0 Å². The number of carbonyl (C=O) groups is 1. The van der Waals surface area contributed by atoms with Gasteiger partial charge in [0.05, 0.1) is 0 Å². The molecule has 0 saturated carbocycles. The van der Waals surface area contributed by atoms with E-state index in [4.69, 9.17) is 5.11 Å². The van der Waals surface area contributed by atoms with Crippen LogP contribution in [0.1, 0.15) is 10.6 Å². The Kier molecular flexibility index (Phi) is 2.67. The number of nitro groups is 3. The summed E-state index contributed by atoms with van der Waals surface area (Å²) in [6, 6.07) is 0. The number of carboxylic acids is 1. The number of aromatic carboxylic acids is 1. The van der Waals surface area contributed by atoms with Gasteiger partial charge in [0.25, 0.3) is 5.03 Å². The van der Waals surface area contributed by atoms with Crippen molar-refractivity contribution in [3.05, 3.63) is 36.2 Å². The lowest BCUT2D eigenvalue weighted by atomic mass is 10.6. The van der Waals surface area contributed by atoms with Gasteiger partial charge in [0.1, 0.15) is 4.68 Å².